The molecule has 1 atom stereocenters. The lowest BCUT2D eigenvalue weighted by Gasteiger charge is -2.21. The van der Waals surface area contributed by atoms with Gasteiger partial charge in [-0.3, -0.25) is 9.59 Å². The maximum Gasteiger partial charge on any atom is 0.265 e. The molecule has 1 saturated heterocycles. The van der Waals surface area contributed by atoms with Crippen LogP contribution in [0.2, 0.25) is 0 Å². The summed E-state index contributed by atoms with van der Waals surface area (Å²) in [6.07, 6.45) is 1.97. The summed E-state index contributed by atoms with van der Waals surface area (Å²) in [7, 11) is 0. The lowest BCUT2D eigenvalue weighted by Crippen LogP contribution is -2.34. The first kappa shape index (κ1) is 19.0. The lowest BCUT2D eigenvalue weighted by atomic mass is 10.1. The van der Waals surface area contributed by atoms with Crippen LogP contribution in [0, 0.1) is 6.92 Å². The summed E-state index contributed by atoms with van der Waals surface area (Å²) >= 11 is 0. The molecule has 5 nitrogen and oxygen atoms in total. The van der Waals surface area contributed by atoms with Crippen LogP contribution in [0.5, 0.6) is 5.75 Å². The predicted octanol–water partition coefficient (Wildman–Crippen LogP) is 4.03. The Morgan fingerprint density at radius 2 is 1.74 bits per heavy atom. The second-order valence-corrected chi connectivity index (χ2v) is 6.81. The van der Waals surface area contributed by atoms with Gasteiger partial charge in [0.15, 0.2) is 6.10 Å². The van der Waals surface area contributed by atoms with E-state index >= 15 is 0 Å². The van der Waals surface area contributed by atoms with Gasteiger partial charge >= 0.3 is 0 Å². The number of anilines is 1. The monoisotopic (exact) mass is 366 g/mol. The molecule has 2 amide bonds. The van der Waals surface area contributed by atoms with Gasteiger partial charge in [-0.1, -0.05) is 37.3 Å². The minimum absolute atomic E-state index is 0.0312. The van der Waals surface area contributed by atoms with Crippen LogP contribution in [-0.2, 0) is 4.79 Å². The first-order valence-corrected chi connectivity index (χ1v) is 9.51. The van der Waals surface area contributed by atoms with E-state index in [0.29, 0.717) is 23.4 Å². The molecule has 0 saturated carbocycles. The van der Waals surface area contributed by atoms with Gasteiger partial charge in [-0.15, -0.1) is 0 Å². The van der Waals surface area contributed by atoms with Crippen molar-refractivity contribution in [3.8, 4) is 5.75 Å². The number of aryl methyl sites for hydroxylation is 1. The fraction of sp³-hybridized carbons (Fsp3) is 0.364. The smallest absolute Gasteiger partial charge is 0.265 e. The zero-order chi connectivity index (χ0) is 19.2. The number of ether oxygens (including phenoxy) is 1. The van der Waals surface area contributed by atoms with Gasteiger partial charge in [-0.25, -0.2) is 0 Å². The zero-order valence-electron chi connectivity index (χ0n) is 15.9. The first-order chi connectivity index (χ1) is 13.1. The van der Waals surface area contributed by atoms with Crippen molar-refractivity contribution in [3.63, 3.8) is 0 Å². The molecular formula is C22H26N2O3. The molecule has 0 spiro atoms. The third-order valence-electron chi connectivity index (χ3n) is 4.83. The molecule has 142 valence electrons. The highest BCUT2D eigenvalue weighted by molar-refractivity contribution is 6.04. The molecule has 5 heteroatoms. The number of rotatable bonds is 6. The van der Waals surface area contributed by atoms with Crippen LogP contribution in [0.15, 0.2) is 48.5 Å². The average Bonchev–Trinajstić information content (AvgIpc) is 3.22. The van der Waals surface area contributed by atoms with Gasteiger partial charge in [-0.05, 0) is 49.9 Å². The lowest BCUT2D eigenvalue weighted by molar-refractivity contribution is -0.122. The molecule has 1 heterocycles. The third kappa shape index (κ3) is 4.48. The number of benzene rings is 2. The van der Waals surface area contributed by atoms with E-state index < -0.39 is 6.10 Å². The van der Waals surface area contributed by atoms with E-state index in [0.717, 1.165) is 31.5 Å². The summed E-state index contributed by atoms with van der Waals surface area (Å²) in [6.45, 7) is 5.40. The standard InChI is InChI=1S/C22H26N2O3/c1-3-19(27-20-13-7-4-10-16(20)2)21(25)23-18-12-6-5-11-17(18)22(26)24-14-8-9-15-24/h4-7,10-13,19H,3,8-9,14-15H2,1-2H3,(H,23,25)/t19-/m1/s1. The van der Waals surface area contributed by atoms with E-state index in [9.17, 15) is 9.59 Å². The number of carbonyl (C=O) groups is 2. The summed E-state index contributed by atoms with van der Waals surface area (Å²) in [6, 6.07) is 14.8. The number of hydrogen-bond acceptors (Lipinski definition) is 3. The van der Waals surface area contributed by atoms with Crippen LogP contribution in [0.1, 0.15) is 42.1 Å². The number of nitrogens with one attached hydrogen (secondary N) is 1. The van der Waals surface area contributed by atoms with Crippen molar-refractivity contribution in [2.75, 3.05) is 18.4 Å². The Kier molecular flexibility index (Phi) is 6.12. The summed E-state index contributed by atoms with van der Waals surface area (Å²) < 4.78 is 5.92. The van der Waals surface area contributed by atoms with Crippen molar-refractivity contribution in [2.24, 2.45) is 0 Å². The highest BCUT2D eigenvalue weighted by atomic mass is 16.5. The van der Waals surface area contributed by atoms with Crippen LogP contribution < -0.4 is 10.1 Å². The third-order valence-corrected chi connectivity index (χ3v) is 4.83. The fourth-order valence-electron chi connectivity index (χ4n) is 3.25. The normalized spacial score (nSPS) is 14.7. The van der Waals surface area contributed by atoms with Gasteiger partial charge in [0.2, 0.25) is 0 Å². The topological polar surface area (TPSA) is 58.6 Å². The van der Waals surface area contributed by atoms with E-state index in [2.05, 4.69) is 5.32 Å². The maximum absolute atomic E-state index is 12.8. The SMILES string of the molecule is CC[C@@H](Oc1ccccc1C)C(=O)Nc1ccccc1C(=O)N1CCCC1. The van der Waals surface area contributed by atoms with E-state index in [1.54, 1.807) is 12.1 Å². The molecule has 0 aliphatic carbocycles. The Balaban J connectivity index is 1.74. The fourth-order valence-corrected chi connectivity index (χ4v) is 3.25. The van der Waals surface area contributed by atoms with Crippen molar-refractivity contribution in [2.45, 2.75) is 39.2 Å². The molecule has 2 aromatic rings. The van der Waals surface area contributed by atoms with Crippen LogP contribution in [-0.4, -0.2) is 35.9 Å². The van der Waals surface area contributed by atoms with Crippen molar-refractivity contribution < 1.29 is 14.3 Å². The van der Waals surface area contributed by atoms with Gasteiger partial charge in [-0.2, -0.15) is 0 Å². The van der Waals surface area contributed by atoms with E-state index in [1.165, 1.54) is 0 Å². The predicted molar refractivity (Wildman–Crippen MR) is 106 cm³/mol. The van der Waals surface area contributed by atoms with E-state index in [1.807, 2.05) is 55.1 Å². The van der Waals surface area contributed by atoms with Gasteiger partial charge in [0.05, 0.1) is 11.3 Å². The minimum atomic E-state index is -0.624. The number of likely N-dealkylation sites (tertiary alicyclic amines) is 1. The molecule has 1 aliphatic rings. The highest BCUT2D eigenvalue weighted by Gasteiger charge is 2.24. The molecule has 0 aromatic heterocycles. The number of nitrogens with zero attached hydrogens (tertiary/aromatic N) is 1. The summed E-state index contributed by atoms with van der Waals surface area (Å²) in [5, 5.41) is 2.89. The summed E-state index contributed by atoms with van der Waals surface area (Å²) in [5.41, 5.74) is 2.04. The van der Waals surface area contributed by atoms with Crippen LogP contribution in [0.3, 0.4) is 0 Å². The quantitative estimate of drug-likeness (QED) is 0.840. The van der Waals surface area contributed by atoms with Crippen molar-refractivity contribution in [1.29, 1.82) is 0 Å². The Labute approximate surface area is 160 Å². The molecule has 1 aliphatic heterocycles. The average molecular weight is 366 g/mol. The Morgan fingerprint density at radius 1 is 1.07 bits per heavy atom. The molecule has 0 radical (unpaired) electrons. The Hall–Kier alpha value is -2.82. The van der Waals surface area contributed by atoms with Crippen molar-refractivity contribution in [1.82, 2.24) is 4.90 Å². The molecular weight excluding hydrogens is 340 g/mol. The molecule has 1 fully saturated rings. The number of amides is 2. The first-order valence-electron chi connectivity index (χ1n) is 9.51. The van der Waals surface area contributed by atoms with Gasteiger partial charge in [0.1, 0.15) is 5.75 Å². The van der Waals surface area contributed by atoms with Gasteiger partial charge in [0.25, 0.3) is 11.8 Å². The second kappa shape index (κ2) is 8.71. The van der Waals surface area contributed by atoms with Crippen molar-refractivity contribution in [3.05, 3.63) is 59.7 Å². The molecule has 2 aromatic carbocycles. The molecule has 0 bridgehead atoms. The largest absolute Gasteiger partial charge is 0.480 e. The van der Waals surface area contributed by atoms with E-state index in [-0.39, 0.29) is 11.8 Å². The second-order valence-electron chi connectivity index (χ2n) is 6.81. The summed E-state index contributed by atoms with van der Waals surface area (Å²) in [5.74, 6) is 0.416. The van der Waals surface area contributed by atoms with Gasteiger partial charge in [0, 0.05) is 13.1 Å². The Morgan fingerprint density at radius 3 is 2.44 bits per heavy atom. The molecule has 1 N–H and O–H groups in total. The van der Waals surface area contributed by atoms with Gasteiger partial charge < -0.3 is 15.0 Å². The highest BCUT2D eigenvalue weighted by Crippen LogP contribution is 2.22. The molecule has 27 heavy (non-hydrogen) atoms. The molecule has 0 unspecified atom stereocenters. The number of para-hydroxylation sites is 2. The van der Waals surface area contributed by atoms with Crippen LogP contribution >= 0.6 is 0 Å². The number of hydrogen-bond donors (Lipinski definition) is 1. The van der Waals surface area contributed by atoms with Crippen LogP contribution in [0.4, 0.5) is 5.69 Å². The number of carbonyl (C=O) groups excluding carboxylic acids is 2. The van der Waals surface area contributed by atoms with E-state index in [4.69, 9.17) is 4.74 Å². The maximum atomic E-state index is 12.8. The summed E-state index contributed by atoms with van der Waals surface area (Å²) in [4.78, 5) is 27.4. The molecule has 3 rings (SSSR count). The zero-order valence-corrected chi connectivity index (χ0v) is 15.9. The van der Waals surface area contributed by atoms with Crippen molar-refractivity contribution >= 4 is 17.5 Å². The minimum Gasteiger partial charge on any atom is -0.480 e. The van der Waals surface area contributed by atoms with Crippen LogP contribution in [0.25, 0.3) is 0 Å². The Bertz CT molecular complexity index is 813.